The molecule has 0 aliphatic heterocycles. The summed E-state index contributed by atoms with van der Waals surface area (Å²) in [6.07, 6.45) is 1.11. The highest BCUT2D eigenvalue weighted by atomic mass is 16.1. The van der Waals surface area contributed by atoms with Crippen LogP contribution in [0, 0.1) is 0 Å². The first-order valence-electron chi connectivity index (χ1n) is 2.48. The highest BCUT2D eigenvalue weighted by Crippen LogP contribution is 1.78. The molecule has 0 aromatic carbocycles. The number of nitrogens with two attached hydrogens (primary N) is 2. The fraction of sp³-hybridized carbons (Fsp3) is 0.400. The molecule has 0 rings (SSSR count). The molecule has 4 heteroatoms. The lowest BCUT2D eigenvalue weighted by Gasteiger charge is -2.18. The molecular formula is C5H11N3O. The van der Waals surface area contributed by atoms with Crippen LogP contribution in [0.4, 0.5) is 0 Å². The van der Waals surface area contributed by atoms with Crippen molar-refractivity contribution in [1.29, 1.82) is 0 Å². The molecule has 0 aliphatic carbocycles. The van der Waals surface area contributed by atoms with Crippen molar-refractivity contribution in [3.8, 4) is 0 Å². The maximum Gasteiger partial charge on any atom is 0.245 e. The molecular weight excluding hydrogens is 118 g/mol. The number of hydrogen-bond acceptors (Lipinski definition) is 3. The van der Waals surface area contributed by atoms with E-state index in [2.05, 4.69) is 11.9 Å². The van der Waals surface area contributed by atoms with Gasteiger partial charge in [0.05, 0.1) is 0 Å². The van der Waals surface area contributed by atoms with Gasteiger partial charge in [0, 0.05) is 0 Å². The molecule has 0 radical (unpaired) electrons. The minimum Gasteiger partial charge on any atom is -0.323 e. The van der Waals surface area contributed by atoms with Crippen molar-refractivity contribution in [3.63, 3.8) is 0 Å². The molecule has 0 unspecified atom stereocenters. The first kappa shape index (κ1) is 8.13. The second-order valence-electron chi connectivity index (χ2n) is 1.98. The fourth-order valence-electron chi connectivity index (χ4n) is 0.316. The molecule has 0 heterocycles. The van der Waals surface area contributed by atoms with Crippen molar-refractivity contribution in [2.45, 2.75) is 12.7 Å². The van der Waals surface area contributed by atoms with Gasteiger partial charge < -0.3 is 5.32 Å². The predicted octanol–water partition coefficient (Wildman–Crippen LogP) is -1.12. The normalized spacial score (nSPS) is 10.6. The van der Waals surface area contributed by atoms with E-state index >= 15 is 0 Å². The average Bonchev–Trinajstić information content (AvgIpc) is 1.62. The third-order valence-corrected chi connectivity index (χ3v) is 0.578. The van der Waals surface area contributed by atoms with Gasteiger partial charge in [-0.05, 0) is 13.0 Å². The highest BCUT2D eigenvalue weighted by Gasteiger charge is 2.10. The molecule has 0 bridgehead atoms. The van der Waals surface area contributed by atoms with E-state index in [0.717, 1.165) is 6.08 Å². The lowest BCUT2D eigenvalue weighted by atomic mass is 10.4. The van der Waals surface area contributed by atoms with Gasteiger partial charge in [-0.15, -0.1) is 0 Å². The van der Waals surface area contributed by atoms with Gasteiger partial charge in [0.2, 0.25) is 5.91 Å². The third kappa shape index (κ3) is 4.99. The first-order valence-corrected chi connectivity index (χ1v) is 2.48. The molecule has 0 atom stereocenters. The van der Waals surface area contributed by atoms with Crippen molar-refractivity contribution < 1.29 is 4.79 Å². The lowest BCUT2D eigenvalue weighted by molar-refractivity contribution is -0.118. The summed E-state index contributed by atoms with van der Waals surface area (Å²) in [6, 6.07) is 0. The Morgan fingerprint density at radius 3 is 2.33 bits per heavy atom. The minimum atomic E-state index is -1.15. The van der Waals surface area contributed by atoms with Crippen LogP contribution in [0.25, 0.3) is 0 Å². The molecule has 5 N–H and O–H groups in total. The third-order valence-electron chi connectivity index (χ3n) is 0.578. The van der Waals surface area contributed by atoms with E-state index in [1.807, 2.05) is 0 Å². The van der Waals surface area contributed by atoms with Crippen molar-refractivity contribution in [1.82, 2.24) is 5.32 Å². The van der Waals surface area contributed by atoms with Crippen LogP contribution in [0.15, 0.2) is 12.7 Å². The summed E-state index contributed by atoms with van der Waals surface area (Å²) >= 11 is 0. The highest BCUT2D eigenvalue weighted by molar-refractivity contribution is 5.87. The second-order valence-corrected chi connectivity index (χ2v) is 1.98. The Morgan fingerprint density at radius 2 is 2.22 bits per heavy atom. The fourth-order valence-corrected chi connectivity index (χ4v) is 0.316. The molecule has 0 spiro atoms. The van der Waals surface area contributed by atoms with Crippen molar-refractivity contribution in [3.05, 3.63) is 12.7 Å². The smallest absolute Gasteiger partial charge is 0.245 e. The van der Waals surface area contributed by atoms with Gasteiger partial charge in [0.15, 0.2) is 0 Å². The number of rotatable bonds is 2. The van der Waals surface area contributed by atoms with Gasteiger partial charge in [-0.25, -0.2) is 0 Å². The van der Waals surface area contributed by atoms with Gasteiger partial charge in [-0.1, -0.05) is 6.58 Å². The Morgan fingerprint density at radius 1 is 1.78 bits per heavy atom. The summed E-state index contributed by atoms with van der Waals surface area (Å²) in [5.74, 6) is -1.52. The second kappa shape index (κ2) is 2.61. The average molecular weight is 129 g/mol. The van der Waals surface area contributed by atoms with Gasteiger partial charge in [0.25, 0.3) is 0 Å². The summed E-state index contributed by atoms with van der Waals surface area (Å²) in [5.41, 5.74) is 10.4. The van der Waals surface area contributed by atoms with E-state index in [0.29, 0.717) is 0 Å². The Labute approximate surface area is 53.9 Å². The van der Waals surface area contributed by atoms with Crippen molar-refractivity contribution >= 4 is 5.91 Å². The van der Waals surface area contributed by atoms with E-state index in [-0.39, 0.29) is 5.91 Å². The topological polar surface area (TPSA) is 81.1 Å². The molecule has 0 saturated carbocycles. The van der Waals surface area contributed by atoms with Gasteiger partial charge in [0.1, 0.15) is 5.79 Å². The van der Waals surface area contributed by atoms with E-state index < -0.39 is 5.79 Å². The molecule has 0 saturated heterocycles. The quantitative estimate of drug-likeness (QED) is 0.326. The molecule has 0 aromatic heterocycles. The van der Waals surface area contributed by atoms with E-state index in [1.54, 1.807) is 0 Å². The van der Waals surface area contributed by atoms with Crippen LogP contribution >= 0.6 is 0 Å². The van der Waals surface area contributed by atoms with Crippen LogP contribution < -0.4 is 16.8 Å². The lowest BCUT2D eigenvalue weighted by Crippen LogP contribution is -2.60. The zero-order valence-corrected chi connectivity index (χ0v) is 5.35. The molecule has 1 amide bonds. The summed E-state index contributed by atoms with van der Waals surface area (Å²) in [7, 11) is 0. The van der Waals surface area contributed by atoms with Crippen LogP contribution in [0.1, 0.15) is 6.92 Å². The van der Waals surface area contributed by atoms with Crippen LogP contribution in [0.3, 0.4) is 0 Å². The summed E-state index contributed by atoms with van der Waals surface area (Å²) < 4.78 is 0. The van der Waals surface area contributed by atoms with E-state index in [4.69, 9.17) is 11.5 Å². The largest absolute Gasteiger partial charge is 0.323 e. The van der Waals surface area contributed by atoms with Gasteiger partial charge >= 0.3 is 0 Å². The molecule has 52 valence electrons. The van der Waals surface area contributed by atoms with Crippen molar-refractivity contribution in [2.24, 2.45) is 11.5 Å². The van der Waals surface area contributed by atoms with Crippen LogP contribution in [0.2, 0.25) is 0 Å². The number of amides is 1. The van der Waals surface area contributed by atoms with Crippen LogP contribution in [-0.4, -0.2) is 11.7 Å². The van der Waals surface area contributed by atoms with Gasteiger partial charge in [-0.3, -0.25) is 16.3 Å². The Hall–Kier alpha value is -0.870. The van der Waals surface area contributed by atoms with Crippen LogP contribution in [-0.2, 0) is 4.79 Å². The molecule has 0 fully saturated rings. The molecule has 0 aliphatic rings. The summed E-state index contributed by atoms with van der Waals surface area (Å²) in [5, 5.41) is 2.27. The zero-order chi connectivity index (χ0) is 7.49. The molecule has 9 heavy (non-hydrogen) atoms. The standard InChI is InChI=1S/C5H11N3O/c1-3-4(9)8-5(2,6)7/h3H,1,6-7H2,2H3,(H,8,9). The number of nitrogens with one attached hydrogen (secondary N) is 1. The van der Waals surface area contributed by atoms with E-state index in [9.17, 15) is 4.79 Å². The number of carbonyl (C=O) groups excluding carboxylic acids is 1. The Kier molecular flexibility index (Phi) is 2.36. The summed E-state index contributed by atoms with van der Waals surface area (Å²) in [4.78, 5) is 10.4. The Balaban J connectivity index is 3.74. The maximum absolute atomic E-state index is 10.4. The van der Waals surface area contributed by atoms with Crippen molar-refractivity contribution in [2.75, 3.05) is 0 Å². The maximum atomic E-state index is 10.4. The first-order chi connectivity index (χ1) is 3.95. The number of carbonyl (C=O) groups is 1. The molecule has 4 nitrogen and oxygen atoms in total. The zero-order valence-electron chi connectivity index (χ0n) is 5.35. The monoisotopic (exact) mass is 129 g/mol. The Bertz CT molecular complexity index is 125. The van der Waals surface area contributed by atoms with E-state index in [1.165, 1.54) is 6.92 Å². The van der Waals surface area contributed by atoms with Crippen LogP contribution in [0.5, 0.6) is 0 Å². The minimum absolute atomic E-state index is 0.373. The summed E-state index contributed by atoms with van der Waals surface area (Å²) in [6.45, 7) is 4.70. The number of hydrogen-bond donors (Lipinski definition) is 3. The molecule has 0 aromatic rings. The predicted molar refractivity (Wildman–Crippen MR) is 35.1 cm³/mol. The van der Waals surface area contributed by atoms with Gasteiger partial charge in [-0.2, -0.15) is 0 Å². The SMILES string of the molecule is C=CC(=O)NC(C)(N)N.